The summed E-state index contributed by atoms with van der Waals surface area (Å²) in [5.41, 5.74) is 0. The lowest BCUT2D eigenvalue weighted by Crippen LogP contribution is -2.56. The molecule has 19 heavy (non-hydrogen) atoms. The molecule has 4 rings (SSSR count). The van der Waals surface area contributed by atoms with Crippen LogP contribution in [0.4, 0.5) is 0 Å². The number of amides is 1. The van der Waals surface area contributed by atoms with Gasteiger partial charge in [0.15, 0.2) is 5.76 Å². The third-order valence-electron chi connectivity index (χ3n) is 4.78. The summed E-state index contributed by atoms with van der Waals surface area (Å²) in [5, 5.41) is 3.00. The maximum absolute atomic E-state index is 11.9. The number of rotatable bonds is 4. The van der Waals surface area contributed by atoms with Crippen molar-refractivity contribution in [2.75, 3.05) is 19.6 Å². The van der Waals surface area contributed by atoms with Crippen LogP contribution < -0.4 is 5.32 Å². The molecule has 0 aromatic carbocycles. The number of carbonyl (C=O) groups excluding carboxylic acids is 1. The third-order valence-corrected chi connectivity index (χ3v) is 4.78. The van der Waals surface area contributed by atoms with Gasteiger partial charge in [-0.1, -0.05) is 13.3 Å². The van der Waals surface area contributed by atoms with Gasteiger partial charge in [0, 0.05) is 19.1 Å². The highest BCUT2D eigenvalue weighted by atomic mass is 16.3. The Hall–Kier alpha value is -1.29. The van der Waals surface area contributed by atoms with E-state index in [-0.39, 0.29) is 5.91 Å². The Morgan fingerprint density at radius 3 is 3.11 bits per heavy atom. The van der Waals surface area contributed by atoms with E-state index in [1.165, 1.54) is 38.6 Å². The molecule has 104 valence electrons. The predicted octanol–water partition coefficient (Wildman–Crippen LogP) is 2.13. The molecule has 0 spiro atoms. The van der Waals surface area contributed by atoms with Crippen molar-refractivity contribution in [3.8, 4) is 0 Å². The summed E-state index contributed by atoms with van der Waals surface area (Å²) < 4.78 is 5.11. The molecule has 4 heteroatoms. The van der Waals surface area contributed by atoms with Gasteiger partial charge in [-0.25, -0.2) is 0 Å². The zero-order chi connectivity index (χ0) is 13.2. The van der Waals surface area contributed by atoms with E-state index in [1.54, 1.807) is 12.1 Å². The van der Waals surface area contributed by atoms with Crippen molar-refractivity contribution in [3.63, 3.8) is 0 Å². The van der Waals surface area contributed by atoms with Crippen LogP contribution in [-0.2, 0) is 0 Å². The van der Waals surface area contributed by atoms with Gasteiger partial charge in [-0.05, 0) is 43.4 Å². The summed E-state index contributed by atoms with van der Waals surface area (Å²) in [4.78, 5) is 14.4. The third kappa shape index (κ3) is 2.54. The van der Waals surface area contributed by atoms with E-state index in [0.29, 0.717) is 11.8 Å². The fourth-order valence-electron chi connectivity index (χ4n) is 3.63. The lowest BCUT2D eigenvalue weighted by molar-refractivity contribution is 0.000631. The van der Waals surface area contributed by atoms with Crippen molar-refractivity contribution in [2.24, 2.45) is 11.8 Å². The Bertz CT molecular complexity index is 429. The largest absolute Gasteiger partial charge is 0.459 e. The Kier molecular flexibility index (Phi) is 3.60. The fourth-order valence-corrected chi connectivity index (χ4v) is 3.63. The molecule has 3 aliphatic heterocycles. The standard InChI is InChI=1S/C15H22N2O2/c1-2-11-10-17-6-5-12(11)8-13(17)9-16-15(18)14-4-3-7-19-14/h3-4,7,11-13H,2,5-6,8-10H2,1H3,(H,16,18)/t11-,12+,13-/m1/s1. The molecule has 1 amide bonds. The van der Waals surface area contributed by atoms with E-state index in [9.17, 15) is 4.79 Å². The van der Waals surface area contributed by atoms with E-state index < -0.39 is 0 Å². The molecule has 1 aromatic rings. The molecule has 1 unspecified atom stereocenters. The summed E-state index contributed by atoms with van der Waals surface area (Å²) in [7, 11) is 0. The first-order valence-corrected chi connectivity index (χ1v) is 7.33. The second kappa shape index (κ2) is 5.37. The molecule has 0 radical (unpaired) electrons. The van der Waals surface area contributed by atoms with Crippen molar-refractivity contribution < 1.29 is 9.21 Å². The second-order valence-electron chi connectivity index (χ2n) is 5.79. The van der Waals surface area contributed by atoms with Gasteiger partial charge in [0.25, 0.3) is 5.91 Å². The maximum atomic E-state index is 11.9. The van der Waals surface area contributed by atoms with E-state index in [1.807, 2.05) is 0 Å². The van der Waals surface area contributed by atoms with Crippen LogP contribution in [0.15, 0.2) is 22.8 Å². The molecular weight excluding hydrogens is 240 g/mol. The summed E-state index contributed by atoms with van der Waals surface area (Å²) in [5.74, 6) is 2.04. The Morgan fingerprint density at radius 1 is 1.58 bits per heavy atom. The number of hydrogen-bond acceptors (Lipinski definition) is 3. The van der Waals surface area contributed by atoms with Gasteiger partial charge >= 0.3 is 0 Å². The summed E-state index contributed by atoms with van der Waals surface area (Å²) >= 11 is 0. The smallest absolute Gasteiger partial charge is 0.287 e. The van der Waals surface area contributed by atoms with Gasteiger partial charge in [-0.15, -0.1) is 0 Å². The molecule has 4 nitrogen and oxygen atoms in total. The lowest BCUT2D eigenvalue weighted by atomic mass is 9.74. The van der Waals surface area contributed by atoms with Crippen molar-refractivity contribution in [1.29, 1.82) is 0 Å². The van der Waals surface area contributed by atoms with Gasteiger partial charge in [0.05, 0.1) is 6.26 Å². The second-order valence-corrected chi connectivity index (χ2v) is 5.79. The number of nitrogens with zero attached hydrogens (tertiary/aromatic N) is 1. The van der Waals surface area contributed by atoms with Crippen LogP contribution in [0.3, 0.4) is 0 Å². The average molecular weight is 262 g/mol. The normalized spacial score (nSPS) is 33.3. The SMILES string of the molecule is CC[C@@H]1CN2CC[C@H]1C[C@@H]2CNC(=O)c1ccco1. The molecule has 4 heterocycles. The number of carbonyl (C=O) groups is 1. The Morgan fingerprint density at radius 2 is 2.47 bits per heavy atom. The van der Waals surface area contributed by atoms with Crippen LogP contribution in [-0.4, -0.2) is 36.5 Å². The van der Waals surface area contributed by atoms with Gasteiger partial charge in [0.1, 0.15) is 0 Å². The summed E-state index contributed by atoms with van der Waals surface area (Å²) in [6.45, 7) is 5.44. The van der Waals surface area contributed by atoms with Crippen LogP contribution in [0.5, 0.6) is 0 Å². The highest BCUT2D eigenvalue weighted by Gasteiger charge is 2.39. The molecular formula is C15H22N2O2. The Labute approximate surface area is 114 Å². The van der Waals surface area contributed by atoms with Gasteiger partial charge in [0.2, 0.25) is 0 Å². The van der Waals surface area contributed by atoms with Crippen LogP contribution in [0.2, 0.25) is 0 Å². The van der Waals surface area contributed by atoms with Crippen molar-refractivity contribution in [2.45, 2.75) is 32.2 Å². The van der Waals surface area contributed by atoms with Gasteiger partial charge in [-0.2, -0.15) is 0 Å². The van der Waals surface area contributed by atoms with E-state index in [2.05, 4.69) is 17.1 Å². The highest BCUT2D eigenvalue weighted by Crippen LogP contribution is 2.37. The van der Waals surface area contributed by atoms with E-state index in [0.717, 1.165) is 18.4 Å². The number of piperidine rings is 3. The van der Waals surface area contributed by atoms with Crippen LogP contribution in [0, 0.1) is 11.8 Å². The fraction of sp³-hybridized carbons (Fsp3) is 0.667. The van der Waals surface area contributed by atoms with Gasteiger partial charge < -0.3 is 9.73 Å². The quantitative estimate of drug-likeness (QED) is 0.904. The van der Waals surface area contributed by atoms with E-state index >= 15 is 0 Å². The lowest BCUT2D eigenvalue weighted by Gasteiger charge is -2.49. The zero-order valence-corrected chi connectivity index (χ0v) is 11.5. The first kappa shape index (κ1) is 12.7. The molecule has 1 N–H and O–H groups in total. The molecule has 2 bridgehead atoms. The van der Waals surface area contributed by atoms with Crippen LogP contribution in [0.1, 0.15) is 36.7 Å². The predicted molar refractivity (Wildman–Crippen MR) is 72.9 cm³/mol. The van der Waals surface area contributed by atoms with Crippen molar-refractivity contribution >= 4 is 5.91 Å². The molecule has 4 atom stereocenters. The number of nitrogens with one attached hydrogen (secondary N) is 1. The minimum Gasteiger partial charge on any atom is -0.459 e. The molecule has 0 aliphatic carbocycles. The van der Waals surface area contributed by atoms with Gasteiger partial charge in [-0.3, -0.25) is 9.69 Å². The number of furan rings is 1. The Balaban J connectivity index is 1.53. The minimum absolute atomic E-state index is 0.0975. The van der Waals surface area contributed by atoms with Crippen LogP contribution >= 0.6 is 0 Å². The topological polar surface area (TPSA) is 45.5 Å². The van der Waals surface area contributed by atoms with E-state index in [4.69, 9.17) is 4.42 Å². The first-order chi connectivity index (χ1) is 9.28. The minimum atomic E-state index is -0.0975. The monoisotopic (exact) mass is 262 g/mol. The van der Waals surface area contributed by atoms with Crippen molar-refractivity contribution in [3.05, 3.63) is 24.2 Å². The number of fused-ring (bicyclic) bond motifs is 3. The summed E-state index contributed by atoms with van der Waals surface area (Å²) in [6.07, 6.45) is 5.39. The highest BCUT2D eigenvalue weighted by molar-refractivity contribution is 5.91. The zero-order valence-electron chi connectivity index (χ0n) is 11.5. The summed E-state index contributed by atoms with van der Waals surface area (Å²) in [6, 6.07) is 3.96. The molecule has 3 aliphatic rings. The first-order valence-electron chi connectivity index (χ1n) is 7.33. The van der Waals surface area contributed by atoms with Crippen molar-refractivity contribution in [1.82, 2.24) is 10.2 Å². The average Bonchev–Trinajstić information content (AvgIpc) is 2.99. The molecule has 1 aromatic heterocycles. The van der Waals surface area contributed by atoms with Crippen LogP contribution in [0.25, 0.3) is 0 Å². The molecule has 0 saturated carbocycles. The molecule has 3 fully saturated rings. The molecule has 3 saturated heterocycles. The maximum Gasteiger partial charge on any atom is 0.287 e. The number of hydrogen-bond donors (Lipinski definition) is 1.